The number of nitrogens with one attached hydrogen (secondary N) is 1. The van der Waals surface area contributed by atoms with Gasteiger partial charge in [-0.25, -0.2) is 4.98 Å². The molecule has 1 atom stereocenters. The highest BCUT2D eigenvalue weighted by Gasteiger charge is 2.29. The Morgan fingerprint density at radius 1 is 1.50 bits per heavy atom. The minimum atomic E-state index is 0.0657. The molecule has 0 spiro atoms. The van der Waals surface area contributed by atoms with Crippen molar-refractivity contribution in [1.29, 1.82) is 0 Å². The predicted molar refractivity (Wildman–Crippen MR) is 69.8 cm³/mol. The molecule has 0 aromatic carbocycles. The molecule has 5 nitrogen and oxygen atoms in total. The first-order valence-electron chi connectivity index (χ1n) is 6.73. The average Bonchev–Trinajstić information content (AvgIpc) is 3.07. The van der Waals surface area contributed by atoms with E-state index in [1.807, 2.05) is 17.1 Å². The highest BCUT2D eigenvalue weighted by molar-refractivity contribution is 5.76. The molecular formula is C13H22N4O. The highest BCUT2D eigenvalue weighted by Crippen LogP contribution is 2.32. The van der Waals surface area contributed by atoms with Crippen molar-refractivity contribution in [2.75, 3.05) is 6.54 Å². The van der Waals surface area contributed by atoms with Gasteiger partial charge in [0.25, 0.3) is 0 Å². The van der Waals surface area contributed by atoms with Gasteiger partial charge < -0.3 is 15.6 Å². The minimum absolute atomic E-state index is 0.0657. The summed E-state index contributed by atoms with van der Waals surface area (Å²) in [5.41, 5.74) is 5.90. The second kappa shape index (κ2) is 6.54. The van der Waals surface area contributed by atoms with Gasteiger partial charge in [0.1, 0.15) is 0 Å². The Balaban J connectivity index is 1.48. The van der Waals surface area contributed by atoms with Crippen LogP contribution in [0.4, 0.5) is 0 Å². The van der Waals surface area contributed by atoms with Crippen LogP contribution in [-0.4, -0.2) is 28.0 Å². The van der Waals surface area contributed by atoms with Gasteiger partial charge in [-0.2, -0.15) is 0 Å². The van der Waals surface area contributed by atoms with E-state index in [2.05, 4.69) is 10.3 Å². The van der Waals surface area contributed by atoms with E-state index in [1.165, 1.54) is 12.8 Å². The summed E-state index contributed by atoms with van der Waals surface area (Å²) in [5, 5.41) is 2.93. The molecule has 1 heterocycles. The fourth-order valence-electron chi connectivity index (χ4n) is 2.04. The third kappa shape index (κ3) is 4.49. The molecule has 1 aliphatic rings. The van der Waals surface area contributed by atoms with Crippen LogP contribution in [0.1, 0.15) is 32.1 Å². The molecule has 2 rings (SSSR count). The van der Waals surface area contributed by atoms with E-state index in [4.69, 9.17) is 5.73 Å². The summed E-state index contributed by atoms with van der Waals surface area (Å²) in [5.74, 6) is 0.689. The Hall–Kier alpha value is -1.36. The number of nitrogens with two attached hydrogens (primary N) is 1. The predicted octanol–water partition coefficient (Wildman–Crippen LogP) is 0.907. The van der Waals surface area contributed by atoms with E-state index in [9.17, 15) is 4.79 Å². The maximum atomic E-state index is 11.6. The molecule has 3 N–H and O–H groups in total. The van der Waals surface area contributed by atoms with Crippen molar-refractivity contribution < 1.29 is 4.79 Å². The van der Waals surface area contributed by atoms with Gasteiger partial charge in [0.05, 0.1) is 6.33 Å². The number of amides is 1. The van der Waals surface area contributed by atoms with Gasteiger partial charge in [-0.05, 0) is 31.6 Å². The first-order valence-corrected chi connectivity index (χ1v) is 6.73. The average molecular weight is 250 g/mol. The number of rotatable bonds is 8. The number of aromatic nitrogens is 2. The van der Waals surface area contributed by atoms with Gasteiger partial charge in [0.2, 0.25) is 5.91 Å². The van der Waals surface area contributed by atoms with Crippen LogP contribution in [0.3, 0.4) is 0 Å². The van der Waals surface area contributed by atoms with E-state index in [0.717, 1.165) is 25.9 Å². The first kappa shape index (κ1) is 13.1. The lowest BCUT2D eigenvalue weighted by atomic mass is 10.1. The van der Waals surface area contributed by atoms with Crippen LogP contribution in [0.25, 0.3) is 0 Å². The number of hydrogen-bond acceptors (Lipinski definition) is 3. The molecule has 100 valence electrons. The maximum Gasteiger partial charge on any atom is 0.221 e. The van der Waals surface area contributed by atoms with Crippen molar-refractivity contribution >= 4 is 5.91 Å². The number of nitrogens with zero attached hydrogens (tertiary/aromatic N) is 2. The second-order valence-electron chi connectivity index (χ2n) is 5.06. The summed E-state index contributed by atoms with van der Waals surface area (Å²) >= 11 is 0. The third-order valence-corrected chi connectivity index (χ3v) is 3.37. The number of hydrogen-bond donors (Lipinski definition) is 2. The topological polar surface area (TPSA) is 72.9 Å². The summed E-state index contributed by atoms with van der Waals surface area (Å²) in [6, 6.07) is 0.0657. The zero-order valence-electron chi connectivity index (χ0n) is 10.7. The molecule has 1 saturated carbocycles. The second-order valence-corrected chi connectivity index (χ2v) is 5.06. The Kier molecular flexibility index (Phi) is 4.75. The quantitative estimate of drug-likeness (QED) is 0.673. The lowest BCUT2D eigenvalue weighted by Gasteiger charge is -2.10. The number of carbonyl (C=O) groups is 1. The lowest BCUT2D eigenvalue weighted by molar-refractivity contribution is -0.121. The van der Waals surface area contributed by atoms with Gasteiger partial charge in [0, 0.05) is 37.9 Å². The van der Waals surface area contributed by atoms with E-state index >= 15 is 0 Å². The van der Waals surface area contributed by atoms with Crippen LogP contribution < -0.4 is 11.1 Å². The molecule has 0 bridgehead atoms. The van der Waals surface area contributed by atoms with Gasteiger partial charge >= 0.3 is 0 Å². The van der Waals surface area contributed by atoms with Crippen molar-refractivity contribution in [2.24, 2.45) is 11.7 Å². The molecule has 1 aromatic rings. The molecule has 1 unspecified atom stereocenters. The van der Waals surface area contributed by atoms with Crippen LogP contribution in [0.5, 0.6) is 0 Å². The van der Waals surface area contributed by atoms with E-state index < -0.39 is 0 Å². The molecule has 1 aliphatic carbocycles. The van der Waals surface area contributed by atoms with Crippen molar-refractivity contribution in [3.63, 3.8) is 0 Å². The molecule has 1 amide bonds. The Labute approximate surface area is 108 Å². The van der Waals surface area contributed by atoms with E-state index in [1.54, 1.807) is 6.20 Å². The largest absolute Gasteiger partial charge is 0.356 e. The fraction of sp³-hybridized carbons (Fsp3) is 0.692. The Morgan fingerprint density at radius 2 is 2.33 bits per heavy atom. The molecular weight excluding hydrogens is 228 g/mol. The summed E-state index contributed by atoms with van der Waals surface area (Å²) in [6.45, 7) is 1.70. The monoisotopic (exact) mass is 250 g/mol. The van der Waals surface area contributed by atoms with E-state index in [-0.39, 0.29) is 11.9 Å². The number of carbonyl (C=O) groups excluding carboxylic acids is 1. The summed E-state index contributed by atoms with van der Waals surface area (Å²) < 4.78 is 2.05. The SMILES string of the molecule is NC(CC(=O)NCCCCn1ccnc1)C1CC1. The molecule has 18 heavy (non-hydrogen) atoms. The van der Waals surface area contributed by atoms with Gasteiger partial charge in [0.15, 0.2) is 0 Å². The standard InChI is InChI=1S/C13H22N4O/c14-12(11-3-4-11)9-13(18)16-5-1-2-7-17-8-6-15-10-17/h6,8,10-12H,1-5,7,9,14H2,(H,16,18). The molecule has 1 fully saturated rings. The Morgan fingerprint density at radius 3 is 3.00 bits per heavy atom. The number of unbranched alkanes of at least 4 members (excludes halogenated alkanes) is 1. The molecule has 0 saturated heterocycles. The summed E-state index contributed by atoms with van der Waals surface area (Å²) in [6.07, 6.45) is 10.4. The smallest absolute Gasteiger partial charge is 0.221 e. The first-order chi connectivity index (χ1) is 8.75. The lowest BCUT2D eigenvalue weighted by Crippen LogP contribution is -2.33. The third-order valence-electron chi connectivity index (χ3n) is 3.37. The molecule has 0 radical (unpaired) electrons. The Bertz CT molecular complexity index is 359. The van der Waals surface area contributed by atoms with Crippen LogP contribution in [0.15, 0.2) is 18.7 Å². The fourth-order valence-corrected chi connectivity index (χ4v) is 2.04. The minimum Gasteiger partial charge on any atom is -0.356 e. The van der Waals surface area contributed by atoms with E-state index in [0.29, 0.717) is 12.3 Å². The number of aryl methyl sites for hydroxylation is 1. The van der Waals surface area contributed by atoms with Gasteiger partial charge in [-0.1, -0.05) is 0 Å². The molecule has 5 heteroatoms. The van der Waals surface area contributed by atoms with Gasteiger partial charge in [-0.3, -0.25) is 4.79 Å². The maximum absolute atomic E-state index is 11.6. The van der Waals surface area contributed by atoms with Gasteiger partial charge in [-0.15, -0.1) is 0 Å². The normalized spacial score (nSPS) is 16.5. The van der Waals surface area contributed by atoms with Crippen LogP contribution >= 0.6 is 0 Å². The van der Waals surface area contributed by atoms with Crippen molar-refractivity contribution in [1.82, 2.24) is 14.9 Å². The molecule has 1 aromatic heterocycles. The molecule has 0 aliphatic heterocycles. The van der Waals surface area contributed by atoms with Crippen molar-refractivity contribution in [3.05, 3.63) is 18.7 Å². The number of imidazole rings is 1. The van der Waals surface area contributed by atoms with Crippen LogP contribution in [-0.2, 0) is 11.3 Å². The zero-order chi connectivity index (χ0) is 12.8. The zero-order valence-corrected chi connectivity index (χ0v) is 10.7. The van der Waals surface area contributed by atoms with Crippen molar-refractivity contribution in [2.45, 2.75) is 44.7 Å². The van der Waals surface area contributed by atoms with Crippen molar-refractivity contribution in [3.8, 4) is 0 Å². The van der Waals surface area contributed by atoms with Crippen LogP contribution in [0, 0.1) is 5.92 Å². The summed E-state index contributed by atoms with van der Waals surface area (Å²) in [7, 11) is 0. The summed E-state index contributed by atoms with van der Waals surface area (Å²) in [4.78, 5) is 15.6. The highest BCUT2D eigenvalue weighted by atomic mass is 16.1. The van der Waals surface area contributed by atoms with Crippen LogP contribution in [0.2, 0.25) is 0 Å².